The summed E-state index contributed by atoms with van der Waals surface area (Å²) in [5, 5.41) is 3.12. The highest BCUT2D eigenvalue weighted by molar-refractivity contribution is 9.10. The Labute approximate surface area is 172 Å². The molecule has 1 aliphatic rings. The van der Waals surface area contributed by atoms with Gasteiger partial charge in [0.15, 0.2) is 5.72 Å². The number of nitrogens with one attached hydrogen (secondary N) is 1. The summed E-state index contributed by atoms with van der Waals surface area (Å²) < 4.78 is 17.1. The lowest BCUT2D eigenvalue weighted by atomic mass is 10.2. The minimum atomic E-state index is -0.783. The van der Waals surface area contributed by atoms with Crippen molar-refractivity contribution < 1.29 is 19.0 Å². The first-order valence-corrected chi connectivity index (χ1v) is 9.68. The summed E-state index contributed by atoms with van der Waals surface area (Å²) in [5.74, 6) is 1.44. The van der Waals surface area contributed by atoms with Crippen LogP contribution < -0.4 is 14.8 Å². The number of benzene rings is 1. The lowest BCUT2D eigenvalue weighted by molar-refractivity contribution is 0.0303. The first-order valence-electron chi connectivity index (χ1n) is 8.89. The molecule has 1 amide bonds. The van der Waals surface area contributed by atoms with Crippen LogP contribution in [0.25, 0.3) is 0 Å². The van der Waals surface area contributed by atoms with Crippen LogP contribution in [0, 0.1) is 0 Å². The predicted molar refractivity (Wildman–Crippen MR) is 108 cm³/mol. The largest absolute Gasteiger partial charge is 0.480 e. The standard InChI is InChI=1S/C19H23BrN4O4/c1-19(2,23-18-21-12-15(20)16(22-18)26-3)28-14-6-4-13(5-7-14)17(25)24-8-10-27-11-9-24/h4-7,12H,8-11H2,1-3H3,(H,21,22,23). The summed E-state index contributed by atoms with van der Waals surface area (Å²) in [6.45, 7) is 6.11. The second-order valence-electron chi connectivity index (χ2n) is 6.72. The van der Waals surface area contributed by atoms with E-state index in [0.29, 0.717) is 53.9 Å². The molecule has 2 aromatic rings. The Kier molecular flexibility index (Phi) is 6.35. The quantitative estimate of drug-likeness (QED) is 0.676. The molecule has 1 aromatic carbocycles. The number of ether oxygens (including phenoxy) is 3. The molecule has 0 radical (unpaired) electrons. The fraction of sp³-hybridized carbons (Fsp3) is 0.421. The third-order valence-corrected chi connectivity index (χ3v) is 4.63. The summed E-state index contributed by atoms with van der Waals surface area (Å²) in [5.41, 5.74) is -0.157. The van der Waals surface area contributed by atoms with Crippen molar-refractivity contribution >= 4 is 27.8 Å². The molecule has 0 aliphatic carbocycles. The number of morpholine rings is 1. The number of anilines is 1. The topological polar surface area (TPSA) is 85.8 Å². The average molecular weight is 451 g/mol. The molecule has 3 rings (SSSR count). The van der Waals surface area contributed by atoms with Gasteiger partial charge in [-0.3, -0.25) is 4.79 Å². The molecular weight excluding hydrogens is 428 g/mol. The van der Waals surface area contributed by atoms with Crippen LogP contribution >= 0.6 is 15.9 Å². The molecule has 9 heteroatoms. The molecule has 1 N–H and O–H groups in total. The Morgan fingerprint density at radius 2 is 1.93 bits per heavy atom. The summed E-state index contributed by atoms with van der Waals surface area (Å²) in [4.78, 5) is 22.8. The van der Waals surface area contributed by atoms with Gasteiger partial charge < -0.3 is 24.4 Å². The van der Waals surface area contributed by atoms with Crippen LogP contribution in [-0.4, -0.2) is 59.9 Å². The van der Waals surface area contributed by atoms with Gasteiger partial charge in [0.1, 0.15) is 5.75 Å². The van der Waals surface area contributed by atoms with Crippen LogP contribution in [0.4, 0.5) is 5.95 Å². The Balaban J connectivity index is 1.64. The summed E-state index contributed by atoms with van der Waals surface area (Å²) >= 11 is 3.32. The van der Waals surface area contributed by atoms with E-state index < -0.39 is 5.72 Å². The van der Waals surface area contributed by atoms with Crippen molar-refractivity contribution in [3.63, 3.8) is 0 Å². The number of methoxy groups -OCH3 is 1. The molecule has 1 saturated heterocycles. The van der Waals surface area contributed by atoms with E-state index in [4.69, 9.17) is 14.2 Å². The van der Waals surface area contributed by atoms with Gasteiger partial charge in [-0.05, 0) is 54.0 Å². The van der Waals surface area contributed by atoms with Crippen molar-refractivity contribution in [2.45, 2.75) is 19.6 Å². The zero-order valence-electron chi connectivity index (χ0n) is 16.1. The monoisotopic (exact) mass is 450 g/mol. The van der Waals surface area contributed by atoms with Crippen molar-refractivity contribution in [3.8, 4) is 11.6 Å². The molecule has 0 atom stereocenters. The lowest BCUT2D eigenvalue weighted by Gasteiger charge is -2.28. The summed E-state index contributed by atoms with van der Waals surface area (Å²) in [6.07, 6.45) is 1.61. The highest BCUT2D eigenvalue weighted by Gasteiger charge is 2.23. The molecule has 0 bridgehead atoms. The lowest BCUT2D eigenvalue weighted by Crippen LogP contribution is -2.40. The molecule has 1 aliphatic heterocycles. The van der Waals surface area contributed by atoms with E-state index in [1.165, 1.54) is 7.11 Å². The second kappa shape index (κ2) is 8.74. The van der Waals surface area contributed by atoms with E-state index in [0.717, 1.165) is 0 Å². The molecule has 28 heavy (non-hydrogen) atoms. The Bertz CT molecular complexity index is 823. The first-order chi connectivity index (χ1) is 13.4. The van der Waals surface area contributed by atoms with Gasteiger partial charge >= 0.3 is 0 Å². The summed E-state index contributed by atoms with van der Waals surface area (Å²) in [6, 6.07) is 7.09. The number of carbonyl (C=O) groups is 1. The Hall–Kier alpha value is -2.39. The van der Waals surface area contributed by atoms with E-state index in [2.05, 4.69) is 31.2 Å². The van der Waals surface area contributed by atoms with Crippen molar-refractivity contribution in [2.24, 2.45) is 0 Å². The molecule has 8 nitrogen and oxygen atoms in total. The number of aromatic nitrogens is 2. The number of rotatable bonds is 6. The van der Waals surface area contributed by atoms with Gasteiger partial charge in [0, 0.05) is 18.7 Å². The minimum absolute atomic E-state index is 0.00240. The number of amides is 1. The molecule has 1 aromatic heterocycles. The molecule has 0 saturated carbocycles. The van der Waals surface area contributed by atoms with Gasteiger partial charge in [-0.2, -0.15) is 4.98 Å². The summed E-state index contributed by atoms with van der Waals surface area (Å²) in [7, 11) is 1.54. The van der Waals surface area contributed by atoms with Gasteiger partial charge in [0.05, 0.1) is 31.0 Å². The van der Waals surface area contributed by atoms with Gasteiger partial charge in [0.2, 0.25) is 11.8 Å². The fourth-order valence-corrected chi connectivity index (χ4v) is 3.11. The van der Waals surface area contributed by atoms with Crippen molar-refractivity contribution in [1.29, 1.82) is 0 Å². The number of hydrogen-bond acceptors (Lipinski definition) is 7. The maximum absolute atomic E-state index is 12.5. The van der Waals surface area contributed by atoms with Gasteiger partial charge in [-0.1, -0.05) is 0 Å². The average Bonchev–Trinajstić information content (AvgIpc) is 2.69. The molecule has 150 valence electrons. The number of hydrogen-bond donors (Lipinski definition) is 1. The van der Waals surface area contributed by atoms with Crippen LogP contribution in [-0.2, 0) is 4.74 Å². The zero-order chi connectivity index (χ0) is 20.1. The van der Waals surface area contributed by atoms with E-state index in [9.17, 15) is 4.79 Å². The highest BCUT2D eigenvalue weighted by atomic mass is 79.9. The van der Waals surface area contributed by atoms with Gasteiger partial charge in [-0.15, -0.1) is 0 Å². The van der Waals surface area contributed by atoms with Crippen LogP contribution in [0.3, 0.4) is 0 Å². The predicted octanol–water partition coefficient (Wildman–Crippen LogP) is 2.95. The van der Waals surface area contributed by atoms with Crippen molar-refractivity contribution in [2.75, 3.05) is 38.7 Å². The zero-order valence-corrected chi connectivity index (χ0v) is 17.7. The van der Waals surface area contributed by atoms with Crippen molar-refractivity contribution in [1.82, 2.24) is 14.9 Å². The van der Waals surface area contributed by atoms with Crippen LogP contribution in [0.1, 0.15) is 24.2 Å². The normalized spacial score (nSPS) is 14.5. The second-order valence-corrected chi connectivity index (χ2v) is 7.57. The molecule has 2 heterocycles. The number of carbonyl (C=O) groups excluding carboxylic acids is 1. The molecular formula is C19H23BrN4O4. The maximum atomic E-state index is 12.5. The maximum Gasteiger partial charge on any atom is 0.254 e. The minimum Gasteiger partial charge on any atom is -0.480 e. The smallest absolute Gasteiger partial charge is 0.254 e. The SMILES string of the molecule is COc1nc(NC(C)(C)Oc2ccc(C(=O)N3CCOCC3)cc2)ncc1Br. The Morgan fingerprint density at radius 3 is 2.57 bits per heavy atom. The molecule has 0 spiro atoms. The highest BCUT2D eigenvalue weighted by Crippen LogP contribution is 2.25. The number of halogens is 1. The van der Waals surface area contributed by atoms with E-state index in [-0.39, 0.29) is 5.91 Å². The van der Waals surface area contributed by atoms with Crippen LogP contribution in [0.15, 0.2) is 34.9 Å². The van der Waals surface area contributed by atoms with E-state index in [1.54, 1.807) is 35.4 Å². The van der Waals surface area contributed by atoms with E-state index in [1.807, 2.05) is 13.8 Å². The van der Waals surface area contributed by atoms with Crippen LogP contribution in [0.5, 0.6) is 11.6 Å². The molecule has 0 unspecified atom stereocenters. The van der Waals surface area contributed by atoms with Gasteiger partial charge in [-0.25, -0.2) is 4.98 Å². The third kappa shape index (κ3) is 5.11. The third-order valence-electron chi connectivity index (χ3n) is 4.09. The fourth-order valence-electron chi connectivity index (χ4n) is 2.76. The van der Waals surface area contributed by atoms with Gasteiger partial charge in [0.25, 0.3) is 5.91 Å². The van der Waals surface area contributed by atoms with E-state index >= 15 is 0 Å². The first kappa shape index (κ1) is 20.3. The van der Waals surface area contributed by atoms with Crippen LogP contribution in [0.2, 0.25) is 0 Å². The molecule has 1 fully saturated rings. The number of nitrogens with zero attached hydrogens (tertiary/aromatic N) is 3. The Morgan fingerprint density at radius 1 is 1.25 bits per heavy atom. The van der Waals surface area contributed by atoms with Crippen molar-refractivity contribution in [3.05, 3.63) is 40.5 Å².